The zero-order chi connectivity index (χ0) is 15.5. The number of methoxy groups -OCH3 is 1. The van der Waals surface area contributed by atoms with Crippen molar-refractivity contribution < 1.29 is 19.3 Å². The van der Waals surface area contributed by atoms with Gasteiger partial charge in [-0.05, 0) is 31.5 Å². The highest BCUT2D eigenvalue weighted by atomic mass is 16.5. The van der Waals surface area contributed by atoms with Crippen molar-refractivity contribution in [1.82, 2.24) is 5.32 Å². The molecule has 5 nitrogen and oxygen atoms in total. The molecule has 0 heterocycles. The molecule has 5 heteroatoms. The Labute approximate surface area is 127 Å². The SMILES string of the molecule is COc1cccc(CNCC(O)COCCOC(C)C)c1. The molecule has 1 rings (SSSR count). The monoisotopic (exact) mass is 297 g/mol. The highest BCUT2D eigenvalue weighted by Crippen LogP contribution is 2.11. The van der Waals surface area contributed by atoms with Crippen molar-refractivity contribution in [1.29, 1.82) is 0 Å². The van der Waals surface area contributed by atoms with Crippen molar-refractivity contribution in [3.05, 3.63) is 29.8 Å². The highest BCUT2D eigenvalue weighted by Gasteiger charge is 2.04. The van der Waals surface area contributed by atoms with Crippen LogP contribution in [0.4, 0.5) is 0 Å². The Kier molecular flexibility index (Phi) is 9.01. The van der Waals surface area contributed by atoms with Gasteiger partial charge in [0, 0.05) is 13.1 Å². The molecular weight excluding hydrogens is 270 g/mol. The van der Waals surface area contributed by atoms with Gasteiger partial charge in [0.2, 0.25) is 0 Å². The van der Waals surface area contributed by atoms with Crippen LogP contribution >= 0.6 is 0 Å². The van der Waals surface area contributed by atoms with Gasteiger partial charge >= 0.3 is 0 Å². The van der Waals surface area contributed by atoms with Crippen LogP contribution in [0.2, 0.25) is 0 Å². The Bertz CT molecular complexity index is 384. The average Bonchev–Trinajstić information content (AvgIpc) is 2.47. The second-order valence-electron chi connectivity index (χ2n) is 5.13. The molecule has 120 valence electrons. The van der Waals surface area contributed by atoms with Gasteiger partial charge in [-0.25, -0.2) is 0 Å². The van der Waals surface area contributed by atoms with Crippen LogP contribution in [0.25, 0.3) is 0 Å². The number of ether oxygens (including phenoxy) is 3. The first kappa shape index (κ1) is 17.9. The van der Waals surface area contributed by atoms with E-state index in [4.69, 9.17) is 14.2 Å². The van der Waals surface area contributed by atoms with Crippen molar-refractivity contribution in [2.45, 2.75) is 32.6 Å². The standard InChI is InChI=1S/C16H27NO4/c1-13(2)21-8-7-20-12-15(18)11-17-10-14-5-4-6-16(9-14)19-3/h4-6,9,13,15,17-18H,7-8,10-12H2,1-3H3. The first-order chi connectivity index (χ1) is 10.1. The molecule has 1 unspecified atom stereocenters. The van der Waals surface area contributed by atoms with Crippen LogP contribution in [0.5, 0.6) is 5.75 Å². The zero-order valence-corrected chi connectivity index (χ0v) is 13.2. The van der Waals surface area contributed by atoms with Crippen molar-refractivity contribution in [2.24, 2.45) is 0 Å². The molecule has 1 aromatic rings. The van der Waals surface area contributed by atoms with E-state index in [-0.39, 0.29) is 6.10 Å². The maximum absolute atomic E-state index is 9.78. The van der Waals surface area contributed by atoms with Gasteiger partial charge in [0.25, 0.3) is 0 Å². The Hall–Kier alpha value is -1.14. The fourth-order valence-electron chi connectivity index (χ4n) is 1.79. The first-order valence-corrected chi connectivity index (χ1v) is 7.33. The lowest BCUT2D eigenvalue weighted by atomic mass is 10.2. The predicted molar refractivity (Wildman–Crippen MR) is 82.6 cm³/mol. The fourth-order valence-corrected chi connectivity index (χ4v) is 1.79. The molecule has 0 saturated carbocycles. The van der Waals surface area contributed by atoms with Gasteiger partial charge in [-0.15, -0.1) is 0 Å². The summed E-state index contributed by atoms with van der Waals surface area (Å²) in [6, 6.07) is 7.84. The quantitative estimate of drug-likeness (QED) is 0.607. The summed E-state index contributed by atoms with van der Waals surface area (Å²) in [6.45, 7) is 6.51. The normalized spacial score (nSPS) is 12.6. The summed E-state index contributed by atoms with van der Waals surface area (Å²) in [4.78, 5) is 0. The van der Waals surface area contributed by atoms with Gasteiger partial charge in [0.1, 0.15) is 5.75 Å². The summed E-state index contributed by atoms with van der Waals surface area (Å²) in [6.07, 6.45) is -0.308. The Balaban J connectivity index is 2.08. The lowest BCUT2D eigenvalue weighted by molar-refractivity contribution is -0.0100. The molecule has 21 heavy (non-hydrogen) atoms. The Morgan fingerprint density at radius 1 is 1.24 bits per heavy atom. The van der Waals surface area contributed by atoms with Crippen molar-refractivity contribution in [3.8, 4) is 5.75 Å². The molecular formula is C16H27NO4. The van der Waals surface area contributed by atoms with E-state index >= 15 is 0 Å². The fraction of sp³-hybridized carbons (Fsp3) is 0.625. The molecule has 1 aromatic carbocycles. The second-order valence-corrected chi connectivity index (χ2v) is 5.13. The van der Waals surface area contributed by atoms with E-state index in [1.165, 1.54) is 0 Å². The molecule has 0 aliphatic heterocycles. The maximum atomic E-state index is 9.78. The van der Waals surface area contributed by atoms with Gasteiger partial charge in [-0.3, -0.25) is 0 Å². The van der Waals surface area contributed by atoms with Gasteiger partial charge in [-0.1, -0.05) is 12.1 Å². The van der Waals surface area contributed by atoms with E-state index < -0.39 is 6.10 Å². The van der Waals surface area contributed by atoms with Crippen LogP contribution in [0.15, 0.2) is 24.3 Å². The van der Waals surface area contributed by atoms with Crippen LogP contribution in [0.1, 0.15) is 19.4 Å². The van der Waals surface area contributed by atoms with Gasteiger partial charge in [0.05, 0.1) is 39.1 Å². The number of benzene rings is 1. The molecule has 0 aliphatic rings. The number of aliphatic hydroxyl groups is 1. The minimum absolute atomic E-state index is 0.211. The molecule has 0 fully saturated rings. The summed E-state index contributed by atoms with van der Waals surface area (Å²) >= 11 is 0. The number of nitrogens with one attached hydrogen (secondary N) is 1. The topological polar surface area (TPSA) is 60.0 Å². The molecule has 0 aromatic heterocycles. The average molecular weight is 297 g/mol. The molecule has 1 atom stereocenters. The van der Waals surface area contributed by atoms with E-state index in [9.17, 15) is 5.11 Å². The van der Waals surface area contributed by atoms with E-state index in [1.807, 2.05) is 38.1 Å². The minimum atomic E-state index is -0.519. The molecule has 0 aliphatic carbocycles. The van der Waals surface area contributed by atoms with E-state index in [1.54, 1.807) is 7.11 Å². The summed E-state index contributed by atoms with van der Waals surface area (Å²) in [5, 5.41) is 13.0. The third-order valence-corrected chi connectivity index (χ3v) is 2.83. The van der Waals surface area contributed by atoms with E-state index in [0.717, 1.165) is 11.3 Å². The molecule has 0 amide bonds. The lowest BCUT2D eigenvalue weighted by Crippen LogP contribution is -2.30. The Morgan fingerprint density at radius 2 is 2.05 bits per heavy atom. The Morgan fingerprint density at radius 3 is 2.76 bits per heavy atom. The van der Waals surface area contributed by atoms with Gasteiger partial charge in [0.15, 0.2) is 0 Å². The van der Waals surface area contributed by atoms with Crippen LogP contribution in [-0.2, 0) is 16.0 Å². The third-order valence-electron chi connectivity index (χ3n) is 2.83. The van der Waals surface area contributed by atoms with Crippen molar-refractivity contribution in [3.63, 3.8) is 0 Å². The summed E-state index contributed by atoms with van der Waals surface area (Å²) in [5.41, 5.74) is 1.12. The summed E-state index contributed by atoms with van der Waals surface area (Å²) in [7, 11) is 1.65. The first-order valence-electron chi connectivity index (χ1n) is 7.33. The minimum Gasteiger partial charge on any atom is -0.497 e. The van der Waals surface area contributed by atoms with Crippen LogP contribution in [-0.4, -0.2) is 50.8 Å². The van der Waals surface area contributed by atoms with Gasteiger partial charge in [-0.2, -0.15) is 0 Å². The highest BCUT2D eigenvalue weighted by molar-refractivity contribution is 5.28. The lowest BCUT2D eigenvalue weighted by Gasteiger charge is -2.13. The number of hydrogen-bond donors (Lipinski definition) is 2. The number of aliphatic hydroxyl groups excluding tert-OH is 1. The second kappa shape index (κ2) is 10.6. The largest absolute Gasteiger partial charge is 0.497 e. The van der Waals surface area contributed by atoms with Crippen LogP contribution in [0.3, 0.4) is 0 Å². The molecule has 2 N–H and O–H groups in total. The van der Waals surface area contributed by atoms with Crippen molar-refractivity contribution >= 4 is 0 Å². The maximum Gasteiger partial charge on any atom is 0.119 e. The summed E-state index contributed by atoms with van der Waals surface area (Å²) in [5.74, 6) is 0.836. The number of rotatable bonds is 11. The van der Waals surface area contributed by atoms with E-state index in [0.29, 0.717) is 32.9 Å². The smallest absolute Gasteiger partial charge is 0.119 e. The van der Waals surface area contributed by atoms with Gasteiger partial charge < -0.3 is 24.6 Å². The number of hydrogen-bond acceptors (Lipinski definition) is 5. The van der Waals surface area contributed by atoms with Crippen LogP contribution in [0, 0.1) is 0 Å². The van der Waals surface area contributed by atoms with Crippen molar-refractivity contribution in [2.75, 3.05) is 33.5 Å². The summed E-state index contributed by atoms with van der Waals surface area (Å²) < 4.78 is 15.9. The molecule has 0 radical (unpaired) electrons. The van der Waals surface area contributed by atoms with Crippen LogP contribution < -0.4 is 10.1 Å². The molecule has 0 bridgehead atoms. The third kappa shape index (κ3) is 8.67. The predicted octanol–water partition coefficient (Wildman–Crippen LogP) is 1.59. The van der Waals surface area contributed by atoms with E-state index in [2.05, 4.69) is 5.32 Å². The zero-order valence-electron chi connectivity index (χ0n) is 13.2. The molecule has 0 saturated heterocycles. The molecule has 0 spiro atoms.